The monoisotopic (exact) mass is 305 g/mol. The van der Waals surface area contributed by atoms with Gasteiger partial charge in [0.05, 0.1) is 22.8 Å². The highest BCUT2D eigenvalue weighted by atomic mass is 16.7. The SMILES string of the molecule is CC1(C)OB(c2cccc(-c3ccc(C#N)cc3)c2)OC1(C)C. The van der Waals surface area contributed by atoms with E-state index in [1.165, 1.54) is 0 Å². The molecule has 0 spiro atoms. The Labute approximate surface area is 138 Å². The van der Waals surface area contributed by atoms with Gasteiger partial charge in [-0.3, -0.25) is 0 Å². The summed E-state index contributed by atoms with van der Waals surface area (Å²) >= 11 is 0. The van der Waals surface area contributed by atoms with Crippen molar-refractivity contribution in [3.05, 3.63) is 54.1 Å². The minimum atomic E-state index is -0.363. The van der Waals surface area contributed by atoms with Crippen molar-refractivity contribution in [2.75, 3.05) is 0 Å². The minimum absolute atomic E-state index is 0.345. The smallest absolute Gasteiger partial charge is 0.399 e. The molecule has 23 heavy (non-hydrogen) atoms. The molecular formula is C19H20BNO2. The van der Waals surface area contributed by atoms with Gasteiger partial charge in [0.25, 0.3) is 0 Å². The van der Waals surface area contributed by atoms with Crippen LogP contribution in [-0.4, -0.2) is 18.3 Å². The first-order valence-corrected chi connectivity index (χ1v) is 7.78. The van der Waals surface area contributed by atoms with Gasteiger partial charge in [-0.15, -0.1) is 0 Å². The molecule has 0 saturated carbocycles. The fraction of sp³-hybridized carbons (Fsp3) is 0.316. The molecular weight excluding hydrogens is 285 g/mol. The van der Waals surface area contributed by atoms with Gasteiger partial charge in [0, 0.05) is 0 Å². The second kappa shape index (κ2) is 5.52. The first-order valence-electron chi connectivity index (χ1n) is 7.78. The summed E-state index contributed by atoms with van der Waals surface area (Å²) in [6, 6.07) is 17.9. The summed E-state index contributed by atoms with van der Waals surface area (Å²) in [5.74, 6) is 0. The zero-order valence-electron chi connectivity index (χ0n) is 14.0. The molecule has 1 fully saturated rings. The average Bonchev–Trinajstić information content (AvgIpc) is 2.76. The Balaban J connectivity index is 1.90. The maximum Gasteiger partial charge on any atom is 0.494 e. The van der Waals surface area contributed by atoms with E-state index >= 15 is 0 Å². The molecule has 0 amide bonds. The van der Waals surface area contributed by atoms with Gasteiger partial charge in [0.15, 0.2) is 0 Å². The van der Waals surface area contributed by atoms with Crippen molar-refractivity contribution in [1.29, 1.82) is 5.26 Å². The minimum Gasteiger partial charge on any atom is -0.399 e. The van der Waals surface area contributed by atoms with E-state index in [1.54, 1.807) is 0 Å². The van der Waals surface area contributed by atoms with Crippen LogP contribution in [0.5, 0.6) is 0 Å². The summed E-state index contributed by atoms with van der Waals surface area (Å²) in [5.41, 5.74) is 3.13. The van der Waals surface area contributed by atoms with Crippen LogP contribution in [0.3, 0.4) is 0 Å². The second-order valence-corrected chi connectivity index (χ2v) is 6.90. The second-order valence-electron chi connectivity index (χ2n) is 6.90. The maximum absolute atomic E-state index is 8.90. The molecule has 2 aromatic carbocycles. The van der Waals surface area contributed by atoms with E-state index in [4.69, 9.17) is 14.6 Å². The van der Waals surface area contributed by atoms with Crippen LogP contribution in [0.4, 0.5) is 0 Å². The molecule has 4 heteroatoms. The topological polar surface area (TPSA) is 42.2 Å². The van der Waals surface area contributed by atoms with Gasteiger partial charge in [0.2, 0.25) is 0 Å². The summed E-state index contributed by atoms with van der Waals surface area (Å²) in [5, 5.41) is 8.90. The van der Waals surface area contributed by atoms with Gasteiger partial charge in [-0.2, -0.15) is 5.26 Å². The maximum atomic E-state index is 8.90. The lowest BCUT2D eigenvalue weighted by atomic mass is 9.78. The number of hydrogen-bond acceptors (Lipinski definition) is 3. The fourth-order valence-corrected chi connectivity index (χ4v) is 2.58. The van der Waals surface area contributed by atoms with Crippen LogP contribution in [0, 0.1) is 11.3 Å². The van der Waals surface area contributed by atoms with Gasteiger partial charge in [0.1, 0.15) is 0 Å². The molecule has 0 unspecified atom stereocenters. The number of nitriles is 1. The predicted octanol–water partition coefficient (Wildman–Crippen LogP) is 3.52. The van der Waals surface area contributed by atoms with Crippen molar-refractivity contribution in [3.63, 3.8) is 0 Å². The molecule has 1 saturated heterocycles. The molecule has 1 heterocycles. The molecule has 3 rings (SSSR count). The van der Waals surface area contributed by atoms with Gasteiger partial charge < -0.3 is 9.31 Å². The summed E-state index contributed by atoms with van der Waals surface area (Å²) < 4.78 is 12.2. The number of benzene rings is 2. The zero-order valence-corrected chi connectivity index (χ0v) is 14.0. The van der Waals surface area contributed by atoms with Crippen LogP contribution >= 0.6 is 0 Å². The molecule has 1 aliphatic rings. The van der Waals surface area contributed by atoms with Gasteiger partial charge in [-0.05, 0) is 56.4 Å². The highest BCUT2D eigenvalue weighted by Crippen LogP contribution is 2.36. The van der Waals surface area contributed by atoms with Crippen molar-refractivity contribution >= 4 is 12.6 Å². The third-order valence-corrected chi connectivity index (χ3v) is 4.76. The highest BCUT2D eigenvalue weighted by Gasteiger charge is 2.51. The lowest BCUT2D eigenvalue weighted by Crippen LogP contribution is -2.41. The molecule has 0 N–H and O–H groups in total. The first-order chi connectivity index (χ1) is 10.8. The number of nitrogens with zero attached hydrogens (tertiary/aromatic N) is 1. The summed E-state index contributed by atoms with van der Waals surface area (Å²) in [6.45, 7) is 8.21. The summed E-state index contributed by atoms with van der Waals surface area (Å²) in [4.78, 5) is 0. The van der Waals surface area contributed by atoms with Crippen LogP contribution in [0.1, 0.15) is 33.3 Å². The Morgan fingerprint density at radius 3 is 2.04 bits per heavy atom. The predicted molar refractivity (Wildman–Crippen MR) is 92.3 cm³/mol. The Hall–Kier alpha value is -2.09. The molecule has 0 atom stereocenters. The number of rotatable bonds is 2. The van der Waals surface area contributed by atoms with Crippen LogP contribution in [0.2, 0.25) is 0 Å². The largest absolute Gasteiger partial charge is 0.494 e. The standard InChI is InChI=1S/C19H20BNO2/c1-18(2)19(3,4)23-20(22-18)17-7-5-6-16(12-17)15-10-8-14(13-21)9-11-15/h5-12H,1-4H3. The van der Waals surface area contributed by atoms with Crippen LogP contribution < -0.4 is 5.46 Å². The molecule has 116 valence electrons. The Morgan fingerprint density at radius 1 is 0.870 bits per heavy atom. The summed E-state index contributed by atoms with van der Waals surface area (Å²) in [6.07, 6.45) is 0. The normalized spacial score (nSPS) is 18.7. The van der Waals surface area contributed by atoms with Gasteiger partial charge in [-0.1, -0.05) is 36.4 Å². The van der Waals surface area contributed by atoms with Crippen molar-refractivity contribution in [2.24, 2.45) is 0 Å². The molecule has 0 radical (unpaired) electrons. The van der Waals surface area contributed by atoms with Gasteiger partial charge >= 0.3 is 7.12 Å². The van der Waals surface area contributed by atoms with Crippen LogP contribution in [0.15, 0.2) is 48.5 Å². The zero-order chi connectivity index (χ0) is 16.7. The fourth-order valence-electron chi connectivity index (χ4n) is 2.58. The molecule has 0 aliphatic carbocycles. The number of hydrogen-bond donors (Lipinski definition) is 0. The summed E-state index contributed by atoms with van der Waals surface area (Å²) in [7, 11) is -0.363. The lowest BCUT2D eigenvalue weighted by molar-refractivity contribution is 0.00578. The molecule has 1 aliphatic heterocycles. The van der Waals surface area contributed by atoms with Crippen molar-refractivity contribution in [2.45, 2.75) is 38.9 Å². The average molecular weight is 305 g/mol. The highest BCUT2D eigenvalue weighted by molar-refractivity contribution is 6.62. The molecule has 0 aromatic heterocycles. The lowest BCUT2D eigenvalue weighted by Gasteiger charge is -2.32. The van der Waals surface area contributed by atoms with Crippen molar-refractivity contribution < 1.29 is 9.31 Å². The van der Waals surface area contributed by atoms with Crippen molar-refractivity contribution in [1.82, 2.24) is 0 Å². The van der Waals surface area contributed by atoms with Gasteiger partial charge in [-0.25, -0.2) is 0 Å². The van der Waals surface area contributed by atoms with E-state index in [1.807, 2.05) is 36.4 Å². The first kappa shape index (κ1) is 15.8. The van der Waals surface area contributed by atoms with E-state index in [0.29, 0.717) is 5.56 Å². The van der Waals surface area contributed by atoms with E-state index in [0.717, 1.165) is 16.6 Å². The Kier molecular flexibility index (Phi) is 3.79. The van der Waals surface area contributed by atoms with E-state index < -0.39 is 0 Å². The van der Waals surface area contributed by atoms with E-state index in [2.05, 4.69) is 45.9 Å². The third kappa shape index (κ3) is 2.90. The Morgan fingerprint density at radius 2 is 1.48 bits per heavy atom. The quantitative estimate of drug-likeness (QED) is 0.797. The van der Waals surface area contributed by atoms with Crippen LogP contribution in [0.25, 0.3) is 11.1 Å². The van der Waals surface area contributed by atoms with E-state index in [-0.39, 0.29) is 18.3 Å². The van der Waals surface area contributed by atoms with Crippen molar-refractivity contribution in [3.8, 4) is 17.2 Å². The Bertz CT molecular complexity index is 744. The molecule has 2 aromatic rings. The van der Waals surface area contributed by atoms with E-state index in [9.17, 15) is 0 Å². The van der Waals surface area contributed by atoms with Crippen LogP contribution in [-0.2, 0) is 9.31 Å². The third-order valence-electron chi connectivity index (χ3n) is 4.76. The molecule has 3 nitrogen and oxygen atoms in total. The molecule has 0 bridgehead atoms.